The smallest absolute Gasteiger partial charge is 0.146 e. The maximum Gasteiger partial charge on any atom is 0.146 e. The van der Waals surface area contributed by atoms with Gasteiger partial charge in [-0.2, -0.15) is 5.26 Å². The fraction of sp³-hybridized carbons (Fsp3) is 0.688. The van der Waals surface area contributed by atoms with Crippen molar-refractivity contribution >= 4 is 5.82 Å². The van der Waals surface area contributed by atoms with Crippen molar-refractivity contribution in [1.82, 2.24) is 14.9 Å². The van der Waals surface area contributed by atoms with Gasteiger partial charge in [0.25, 0.3) is 0 Å². The maximum atomic E-state index is 9.12. The van der Waals surface area contributed by atoms with Crippen molar-refractivity contribution in [2.75, 3.05) is 44.3 Å². The molecule has 0 saturated carbocycles. The second kappa shape index (κ2) is 7.03. The van der Waals surface area contributed by atoms with E-state index in [1.54, 1.807) is 0 Å². The fourth-order valence-electron chi connectivity index (χ4n) is 3.26. The molecular formula is C16H23N5O. The van der Waals surface area contributed by atoms with Crippen molar-refractivity contribution in [3.8, 4) is 6.07 Å². The number of rotatable bonds is 3. The van der Waals surface area contributed by atoms with Gasteiger partial charge in [-0.25, -0.2) is 9.97 Å². The normalized spacial score (nSPS) is 20.8. The number of piperidine rings is 1. The van der Waals surface area contributed by atoms with Crippen molar-refractivity contribution in [3.63, 3.8) is 0 Å². The Morgan fingerprint density at radius 1 is 1.23 bits per heavy atom. The summed E-state index contributed by atoms with van der Waals surface area (Å²) in [5, 5.41) is 9.12. The van der Waals surface area contributed by atoms with Crippen LogP contribution in [0.15, 0.2) is 6.07 Å². The van der Waals surface area contributed by atoms with Gasteiger partial charge in [0, 0.05) is 44.7 Å². The summed E-state index contributed by atoms with van der Waals surface area (Å²) in [6.45, 7) is 7.83. The third-order valence-corrected chi connectivity index (χ3v) is 4.54. The van der Waals surface area contributed by atoms with Crippen LogP contribution in [0, 0.1) is 11.3 Å². The lowest BCUT2D eigenvalue weighted by Gasteiger charge is -2.40. The molecule has 0 N–H and O–H groups in total. The number of hydrogen-bond donors (Lipinski definition) is 0. The van der Waals surface area contributed by atoms with Crippen LogP contribution in [0.2, 0.25) is 0 Å². The van der Waals surface area contributed by atoms with E-state index in [0.29, 0.717) is 11.7 Å². The van der Waals surface area contributed by atoms with E-state index < -0.39 is 0 Å². The van der Waals surface area contributed by atoms with Crippen molar-refractivity contribution in [2.24, 2.45) is 0 Å². The van der Waals surface area contributed by atoms with Crippen molar-refractivity contribution in [1.29, 1.82) is 5.26 Å². The lowest BCUT2D eigenvalue weighted by Crippen LogP contribution is -2.49. The zero-order valence-corrected chi connectivity index (χ0v) is 13.2. The van der Waals surface area contributed by atoms with Crippen LogP contribution in [-0.2, 0) is 11.2 Å². The molecule has 2 aliphatic rings. The minimum absolute atomic E-state index is 0.470. The fourth-order valence-corrected chi connectivity index (χ4v) is 3.26. The molecule has 0 aromatic carbocycles. The Bertz CT molecular complexity index is 542. The standard InChI is InChI=1S/C16H23N5O/c1-2-15-18-13(12-17)11-16(19-15)21-5-3-14(4-6-21)20-7-9-22-10-8-20/h11,14H,2-10H2,1H3. The highest BCUT2D eigenvalue weighted by Crippen LogP contribution is 2.22. The molecule has 3 heterocycles. The summed E-state index contributed by atoms with van der Waals surface area (Å²) in [6, 6.07) is 4.61. The number of nitrogens with zero attached hydrogens (tertiary/aromatic N) is 5. The van der Waals surface area contributed by atoms with Gasteiger partial charge < -0.3 is 9.64 Å². The van der Waals surface area contributed by atoms with Crippen LogP contribution in [-0.4, -0.2) is 60.3 Å². The SMILES string of the molecule is CCc1nc(C#N)cc(N2CCC(N3CCOCC3)CC2)n1. The third kappa shape index (κ3) is 3.37. The summed E-state index contributed by atoms with van der Waals surface area (Å²) in [5.74, 6) is 1.66. The largest absolute Gasteiger partial charge is 0.379 e. The number of morpholine rings is 1. The minimum Gasteiger partial charge on any atom is -0.379 e. The molecule has 118 valence electrons. The highest BCUT2D eigenvalue weighted by molar-refractivity contribution is 5.43. The van der Waals surface area contributed by atoms with Crippen LogP contribution >= 0.6 is 0 Å². The summed E-state index contributed by atoms with van der Waals surface area (Å²) in [5.41, 5.74) is 0.470. The van der Waals surface area contributed by atoms with Gasteiger partial charge in [0.15, 0.2) is 0 Å². The molecule has 0 amide bonds. The molecule has 6 heteroatoms. The number of ether oxygens (including phenoxy) is 1. The Kier molecular flexibility index (Phi) is 4.86. The van der Waals surface area contributed by atoms with Gasteiger partial charge in [-0.15, -0.1) is 0 Å². The first kappa shape index (κ1) is 15.2. The molecule has 0 radical (unpaired) electrons. The van der Waals surface area contributed by atoms with Crippen LogP contribution in [0.1, 0.15) is 31.3 Å². The van der Waals surface area contributed by atoms with Gasteiger partial charge in [0.1, 0.15) is 23.4 Å². The number of aryl methyl sites for hydroxylation is 1. The second-order valence-electron chi connectivity index (χ2n) is 5.86. The van der Waals surface area contributed by atoms with Crippen LogP contribution in [0.4, 0.5) is 5.82 Å². The van der Waals surface area contributed by atoms with Crippen molar-refractivity contribution in [2.45, 2.75) is 32.2 Å². The van der Waals surface area contributed by atoms with Crippen molar-refractivity contribution < 1.29 is 4.74 Å². The Hall–Kier alpha value is -1.71. The average molecular weight is 301 g/mol. The van der Waals surface area contributed by atoms with Crippen LogP contribution in [0.5, 0.6) is 0 Å². The number of anilines is 1. The maximum absolute atomic E-state index is 9.12. The predicted molar refractivity (Wildman–Crippen MR) is 83.8 cm³/mol. The monoisotopic (exact) mass is 301 g/mol. The molecule has 6 nitrogen and oxygen atoms in total. The topological polar surface area (TPSA) is 65.3 Å². The van der Waals surface area contributed by atoms with E-state index in [1.165, 1.54) is 0 Å². The van der Waals surface area contributed by atoms with E-state index in [0.717, 1.165) is 70.3 Å². The van der Waals surface area contributed by atoms with Gasteiger partial charge in [-0.3, -0.25) is 4.90 Å². The van der Waals surface area contributed by atoms with E-state index in [9.17, 15) is 0 Å². The summed E-state index contributed by atoms with van der Waals surface area (Å²) >= 11 is 0. The van der Waals surface area contributed by atoms with Gasteiger partial charge in [0.2, 0.25) is 0 Å². The molecule has 2 aliphatic heterocycles. The molecule has 2 fully saturated rings. The molecule has 0 aliphatic carbocycles. The number of hydrogen-bond acceptors (Lipinski definition) is 6. The molecule has 0 bridgehead atoms. The molecule has 3 rings (SSSR count). The zero-order chi connectivity index (χ0) is 15.4. The predicted octanol–water partition coefficient (Wildman–Crippen LogP) is 1.21. The first-order valence-corrected chi connectivity index (χ1v) is 8.15. The average Bonchev–Trinajstić information content (AvgIpc) is 2.62. The molecule has 22 heavy (non-hydrogen) atoms. The van der Waals surface area contributed by atoms with Gasteiger partial charge in [0.05, 0.1) is 13.2 Å². The molecule has 1 aromatic heterocycles. The van der Waals surface area contributed by atoms with Gasteiger partial charge in [-0.05, 0) is 12.8 Å². The van der Waals surface area contributed by atoms with Crippen LogP contribution in [0.25, 0.3) is 0 Å². The Balaban J connectivity index is 1.64. The van der Waals surface area contributed by atoms with Gasteiger partial charge >= 0.3 is 0 Å². The second-order valence-corrected chi connectivity index (χ2v) is 5.86. The van der Waals surface area contributed by atoms with E-state index >= 15 is 0 Å². The Morgan fingerprint density at radius 3 is 2.59 bits per heavy atom. The summed E-state index contributed by atoms with van der Waals surface area (Å²) in [6.07, 6.45) is 3.05. The molecular weight excluding hydrogens is 278 g/mol. The highest BCUT2D eigenvalue weighted by atomic mass is 16.5. The summed E-state index contributed by atoms with van der Waals surface area (Å²) < 4.78 is 5.43. The highest BCUT2D eigenvalue weighted by Gasteiger charge is 2.26. The minimum atomic E-state index is 0.470. The van der Waals surface area contributed by atoms with Gasteiger partial charge in [-0.1, -0.05) is 6.92 Å². The van der Waals surface area contributed by atoms with E-state index in [2.05, 4.69) is 25.8 Å². The third-order valence-electron chi connectivity index (χ3n) is 4.54. The molecule has 0 atom stereocenters. The van der Waals surface area contributed by atoms with E-state index in [1.807, 2.05) is 13.0 Å². The summed E-state index contributed by atoms with van der Waals surface area (Å²) in [7, 11) is 0. The number of nitriles is 1. The van der Waals surface area contributed by atoms with Crippen LogP contribution in [0.3, 0.4) is 0 Å². The number of aromatic nitrogens is 2. The molecule has 0 spiro atoms. The zero-order valence-electron chi connectivity index (χ0n) is 13.2. The quantitative estimate of drug-likeness (QED) is 0.836. The van der Waals surface area contributed by atoms with Crippen molar-refractivity contribution in [3.05, 3.63) is 17.6 Å². The lowest BCUT2D eigenvalue weighted by molar-refractivity contribution is 0.0114. The first-order valence-electron chi connectivity index (χ1n) is 8.15. The van der Waals surface area contributed by atoms with E-state index in [4.69, 9.17) is 10.00 Å². The Morgan fingerprint density at radius 2 is 1.95 bits per heavy atom. The lowest BCUT2D eigenvalue weighted by atomic mass is 10.0. The summed E-state index contributed by atoms with van der Waals surface area (Å²) in [4.78, 5) is 13.7. The first-order chi connectivity index (χ1) is 10.8. The molecule has 1 aromatic rings. The Labute approximate surface area is 131 Å². The van der Waals surface area contributed by atoms with E-state index in [-0.39, 0.29) is 0 Å². The van der Waals surface area contributed by atoms with Crippen LogP contribution < -0.4 is 4.90 Å². The molecule has 2 saturated heterocycles. The molecule has 0 unspecified atom stereocenters.